The van der Waals surface area contributed by atoms with Gasteiger partial charge in [-0.1, -0.05) is 18.2 Å². The number of nitrogens with one attached hydrogen (secondary N) is 1. The van der Waals surface area contributed by atoms with Crippen molar-refractivity contribution >= 4 is 34.9 Å². The molecule has 2 aromatic heterocycles. The molecule has 1 aliphatic rings. The van der Waals surface area contributed by atoms with Crippen molar-refractivity contribution in [3.05, 3.63) is 71.7 Å². The van der Waals surface area contributed by atoms with Gasteiger partial charge in [-0.2, -0.15) is 5.26 Å². The van der Waals surface area contributed by atoms with E-state index in [-0.39, 0.29) is 0 Å². The Balaban J connectivity index is 1.50. The van der Waals surface area contributed by atoms with Crippen LogP contribution in [-0.2, 0) is 4.79 Å². The normalized spacial score (nSPS) is 17.2. The summed E-state index contributed by atoms with van der Waals surface area (Å²) in [5, 5.41) is 12.1. The number of carbonyl (C=O) groups excluding carboxylic acids is 2. The van der Waals surface area contributed by atoms with Gasteiger partial charge in [0.25, 0.3) is 11.8 Å². The highest BCUT2D eigenvalue weighted by molar-refractivity contribution is 6.07. The van der Waals surface area contributed by atoms with E-state index in [1.54, 1.807) is 24.5 Å². The van der Waals surface area contributed by atoms with Crippen LogP contribution < -0.4 is 5.32 Å². The maximum atomic E-state index is 13.6. The maximum Gasteiger partial charge on any atom is 0.268 e. The highest BCUT2D eigenvalue weighted by Crippen LogP contribution is 2.31. The van der Waals surface area contributed by atoms with Crippen molar-refractivity contribution in [3.8, 4) is 6.07 Å². The SMILES string of the molecule is N#C[C@@H]1CC(F)(F)CN1C(=O)CNC(=O)c1ccnc2ccc(/C=C/c3ccncc3)cc12. The Labute approximate surface area is 188 Å². The van der Waals surface area contributed by atoms with Crippen molar-refractivity contribution in [2.45, 2.75) is 18.4 Å². The van der Waals surface area contributed by atoms with Crippen LogP contribution in [0.15, 0.2) is 55.0 Å². The van der Waals surface area contributed by atoms with Crippen LogP contribution in [-0.4, -0.2) is 51.7 Å². The first-order valence-electron chi connectivity index (χ1n) is 10.2. The third kappa shape index (κ3) is 5.01. The third-order valence-electron chi connectivity index (χ3n) is 5.32. The van der Waals surface area contributed by atoms with Crippen molar-refractivity contribution < 1.29 is 18.4 Å². The molecule has 3 heterocycles. The quantitative estimate of drug-likeness (QED) is 0.647. The summed E-state index contributed by atoms with van der Waals surface area (Å²) in [6.45, 7) is -1.32. The van der Waals surface area contributed by atoms with Gasteiger partial charge in [-0.05, 0) is 41.5 Å². The molecule has 0 spiro atoms. The molecule has 1 fully saturated rings. The zero-order chi connectivity index (χ0) is 23.4. The van der Waals surface area contributed by atoms with Gasteiger partial charge >= 0.3 is 0 Å². The van der Waals surface area contributed by atoms with Gasteiger partial charge in [0.1, 0.15) is 6.04 Å². The highest BCUT2D eigenvalue weighted by Gasteiger charge is 2.47. The molecule has 1 saturated heterocycles. The highest BCUT2D eigenvalue weighted by atomic mass is 19.3. The number of amides is 2. The molecular weight excluding hydrogens is 428 g/mol. The number of likely N-dealkylation sites (tertiary alicyclic amines) is 1. The van der Waals surface area contributed by atoms with Crippen molar-refractivity contribution in [1.29, 1.82) is 5.26 Å². The topological polar surface area (TPSA) is 99.0 Å². The molecule has 3 aromatic rings. The van der Waals surface area contributed by atoms with Gasteiger partial charge in [-0.15, -0.1) is 0 Å². The van der Waals surface area contributed by atoms with Crippen LogP contribution in [0.25, 0.3) is 23.1 Å². The Morgan fingerprint density at radius 2 is 1.91 bits per heavy atom. The minimum Gasteiger partial charge on any atom is -0.343 e. The number of fused-ring (bicyclic) bond motifs is 1. The van der Waals surface area contributed by atoms with Gasteiger partial charge in [0.05, 0.1) is 30.2 Å². The third-order valence-corrected chi connectivity index (χ3v) is 5.32. The fraction of sp³-hybridized carbons (Fsp3) is 0.208. The van der Waals surface area contributed by atoms with Gasteiger partial charge in [0.15, 0.2) is 0 Å². The summed E-state index contributed by atoms with van der Waals surface area (Å²) < 4.78 is 27.2. The molecule has 166 valence electrons. The van der Waals surface area contributed by atoms with Crippen LogP contribution in [0.3, 0.4) is 0 Å². The lowest BCUT2D eigenvalue weighted by atomic mass is 10.0. The van der Waals surface area contributed by atoms with E-state index in [1.165, 1.54) is 12.3 Å². The summed E-state index contributed by atoms with van der Waals surface area (Å²) in [7, 11) is 0. The second-order valence-corrected chi connectivity index (χ2v) is 7.66. The molecule has 1 N–H and O–H groups in total. The molecular formula is C24H19F2N5O2. The molecule has 0 unspecified atom stereocenters. The van der Waals surface area contributed by atoms with Crippen molar-refractivity contribution in [3.63, 3.8) is 0 Å². The molecule has 0 saturated carbocycles. The zero-order valence-corrected chi connectivity index (χ0v) is 17.4. The Morgan fingerprint density at radius 3 is 2.67 bits per heavy atom. The van der Waals surface area contributed by atoms with Gasteiger partial charge in [0, 0.05) is 30.4 Å². The van der Waals surface area contributed by atoms with E-state index < -0.39 is 43.3 Å². The summed E-state index contributed by atoms with van der Waals surface area (Å²) in [6, 6.07) is 11.2. The minimum absolute atomic E-state index is 0.301. The largest absolute Gasteiger partial charge is 0.343 e. The van der Waals surface area contributed by atoms with Crippen LogP contribution in [0, 0.1) is 11.3 Å². The average molecular weight is 447 g/mol. The first-order chi connectivity index (χ1) is 15.9. The molecule has 9 heteroatoms. The van der Waals surface area contributed by atoms with E-state index in [9.17, 15) is 18.4 Å². The number of nitrogens with zero attached hydrogens (tertiary/aromatic N) is 4. The number of carbonyl (C=O) groups is 2. The molecule has 7 nitrogen and oxygen atoms in total. The number of benzene rings is 1. The van der Waals surface area contributed by atoms with Crippen molar-refractivity contribution in [1.82, 2.24) is 20.2 Å². The van der Waals surface area contributed by atoms with Gasteiger partial charge in [-0.25, -0.2) is 8.78 Å². The van der Waals surface area contributed by atoms with Gasteiger partial charge < -0.3 is 10.2 Å². The lowest BCUT2D eigenvalue weighted by Crippen LogP contribution is -2.43. The number of halogens is 2. The Kier molecular flexibility index (Phi) is 6.09. The van der Waals surface area contributed by atoms with E-state index in [1.807, 2.05) is 36.4 Å². The average Bonchev–Trinajstić information content (AvgIpc) is 3.15. The molecule has 33 heavy (non-hydrogen) atoms. The maximum absolute atomic E-state index is 13.6. The summed E-state index contributed by atoms with van der Waals surface area (Å²) in [4.78, 5) is 34.2. The number of hydrogen-bond donors (Lipinski definition) is 1. The Morgan fingerprint density at radius 1 is 1.15 bits per heavy atom. The van der Waals surface area contributed by atoms with E-state index >= 15 is 0 Å². The predicted molar refractivity (Wildman–Crippen MR) is 118 cm³/mol. The predicted octanol–water partition coefficient (Wildman–Crippen LogP) is 3.29. The van der Waals surface area contributed by atoms with Crippen molar-refractivity contribution in [2.24, 2.45) is 0 Å². The minimum atomic E-state index is -3.11. The second kappa shape index (κ2) is 9.12. The van der Waals surface area contributed by atoms with Crippen LogP contribution in [0.1, 0.15) is 27.9 Å². The van der Waals surface area contributed by atoms with E-state index in [4.69, 9.17) is 5.26 Å². The van der Waals surface area contributed by atoms with Crippen LogP contribution in [0.5, 0.6) is 0 Å². The number of aromatic nitrogens is 2. The Bertz CT molecular complexity index is 1270. The Hall–Kier alpha value is -4.19. The summed E-state index contributed by atoms with van der Waals surface area (Å²) in [5.41, 5.74) is 2.71. The zero-order valence-electron chi connectivity index (χ0n) is 17.4. The number of alkyl halides is 2. The fourth-order valence-corrected chi connectivity index (χ4v) is 3.68. The number of rotatable bonds is 5. The molecule has 2 amide bonds. The summed E-state index contributed by atoms with van der Waals surface area (Å²) in [5.74, 6) is -4.38. The first-order valence-corrected chi connectivity index (χ1v) is 10.2. The van der Waals surface area contributed by atoms with E-state index in [2.05, 4.69) is 15.3 Å². The lowest BCUT2D eigenvalue weighted by Gasteiger charge is -2.19. The van der Waals surface area contributed by atoms with E-state index in [0.29, 0.717) is 16.5 Å². The van der Waals surface area contributed by atoms with Gasteiger partial charge in [-0.3, -0.25) is 19.6 Å². The summed E-state index contributed by atoms with van der Waals surface area (Å²) >= 11 is 0. The van der Waals surface area contributed by atoms with Crippen LogP contribution in [0.2, 0.25) is 0 Å². The van der Waals surface area contributed by atoms with Crippen molar-refractivity contribution in [2.75, 3.05) is 13.1 Å². The second-order valence-electron chi connectivity index (χ2n) is 7.66. The number of pyridine rings is 2. The first kappa shape index (κ1) is 22.0. The molecule has 1 atom stereocenters. The molecule has 1 aliphatic heterocycles. The number of nitriles is 1. The lowest BCUT2D eigenvalue weighted by molar-refractivity contribution is -0.131. The summed E-state index contributed by atoms with van der Waals surface area (Å²) in [6.07, 6.45) is 7.97. The number of hydrogen-bond acceptors (Lipinski definition) is 5. The molecule has 0 radical (unpaired) electrons. The van der Waals surface area contributed by atoms with Gasteiger partial charge in [0.2, 0.25) is 5.91 Å². The molecule has 1 aromatic carbocycles. The molecule has 0 bridgehead atoms. The van der Waals surface area contributed by atoms with E-state index in [0.717, 1.165) is 16.0 Å². The smallest absolute Gasteiger partial charge is 0.268 e. The standard InChI is InChI=1S/C24H19F2N5O2/c25-24(26)12-18(13-27)31(15-24)22(32)14-30-23(33)19-7-10-29-21-4-3-17(11-20(19)21)2-1-16-5-8-28-9-6-16/h1-11,18H,12,14-15H2,(H,30,33)/b2-1+/t18-/m0/s1. The van der Waals surface area contributed by atoms with Crippen LogP contribution >= 0.6 is 0 Å². The molecule has 4 rings (SSSR count). The fourth-order valence-electron chi connectivity index (χ4n) is 3.68. The monoisotopic (exact) mass is 447 g/mol. The van der Waals surface area contributed by atoms with Crippen LogP contribution in [0.4, 0.5) is 8.78 Å². The molecule has 0 aliphatic carbocycles.